The van der Waals surface area contributed by atoms with Gasteiger partial charge in [0.05, 0.1) is 5.69 Å². The zero-order valence-electron chi connectivity index (χ0n) is 19.8. The maximum Gasteiger partial charge on any atom is 0.249 e. The Morgan fingerprint density at radius 1 is 1.06 bits per heavy atom. The van der Waals surface area contributed by atoms with Gasteiger partial charge in [-0.2, -0.15) is 0 Å². The second-order valence-corrected chi connectivity index (χ2v) is 9.59. The standard InChI is InChI=1S/C28H29ClN4O2/c1-18(34)30-23-10-12-33(13-11-23)27-24-15-20(17-29)7-9-25(24)32-28(35)26(31-27)16-19-6-8-21-4-2-3-5-22(21)14-19/h2-9,14-15,23,26H,10-13,16-17H2,1H3,(H,30,34)(H,32,35). The average Bonchev–Trinajstić information content (AvgIpc) is 3.00. The number of alkyl halides is 1. The predicted molar refractivity (Wildman–Crippen MR) is 141 cm³/mol. The van der Waals surface area contributed by atoms with Gasteiger partial charge in [0, 0.05) is 43.9 Å². The minimum Gasteiger partial charge on any atom is -0.356 e. The number of amides is 2. The molecular weight excluding hydrogens is 460 g/mol. The van der Waals surface area contributed by atoms with Gasteiger partial charge in [0.2, 0.25) is 11.8 Å². The number of likely N-dealkylation sites (tertiary alicyclic amines) is 1. The number of rotatable bonds is 4. The summed E-state index contributed by atoms with van der Waals surface area (Å²) in [6.45, 7) is 3.07. The molecule has 7 heteroatoms. The molecule has 1 fully saturated rings. The second kappa shape index (κ2) is 10.1. The van der Waals surface area contributed by atoms with Crippen molar-refractivity contribution in [2.75, 3.05) is 18.4 Å². The van der Waals surface area contributed by atoms with Crippen LogP contribution in [0.2, 0.25) is 0 Å². The molecule has 0 radical (unpaired) electrons. The second-order valence-electron chi connectivity index (χ2n) is 9.32. The van der Waals surface area contributed by atoms with Gasteiger partial charge in [-0.1, -0.05) is 48.5 Å². The highest BCUT2D eigenvalue weighted by Crippen LogP contribution is 2.28. The number of aliphatic imine (C=N–C) groups is 1. The topological polar surface area (TPSA) is 73.8 Å². The fourth-order valence-electron chi connectivity index (χ4n) is 4.96. The lowest BCUT2D eigenvalue weighted by Gasteiger charge is -2.35. The molecule has 2 aliphatic heterocycles. The number of piperidine rings is 1. The Bertz CT molecular complexity index is 1300. The van der Waals surface area contributed by atoms with E-state index in [2.05, 4.69) is 45.9 Å². The van der Waals surface area contributed by atoms with Gasteiger partial charge in [-0.25, -0.2) is 0 Å². The molecule has 35 heavy (non-hydrogen) atoms. The van der Waals surface area contributed by atoms with Crippen LogP contribution in [-0.4, -0.2) is 47.7 Å². The van der Waals surface area contributed by atoms with E-state index in [1.54, 1.807) is 6.92 Å². The van der Waals surface area contributed by atoms with Crippen LogP contribution < -0.4 is 10.6 Å². The highest BCUT2D eigenvalue weighted by atomic mass is 35.5. The molecule has 0 aliphatic carbocycles. The van der Waals surface area contributed by atoms with Gasteiger partial charge < -0.3 is 15.5 Å². The SMILES string of the molecule is CC(=O)NC1CCN(C2=NC(Cc3ccc4ccccc4c3)C(=O)Nc3ccc(CCl)cc32)CC1. The van der Waals surface area contributed by atoms with Crippen LogP contribution in [0, 0.1) is 0 Å². The van der Waals surface area contributed by atoms with Crippen LogP contribution in [0.25, 0.3) is 10.8 Å². The van der Waals surface area contributed by atoms with E-state index in [4.69, 9.17) is 16.6 Å². The summed E-state index contributed by atoms with van der Waals surface area (Å²) in [5.41, 5.74) is 3.71. The third-order valence-corrected chi connectivity index (χ3v) is 7.07. The van der Waals surface area contributed by atoms with Crippen LogP contribution in [0.15, 0.2) is 65.7 Å². The molecule has 0 spiro atoms. The first-order valence-corrected chi connectivity index (χ1v) is 12.6. The first-order valence-electron chi connectivity index (χ1n) is 12.1. The molecule has 0 bridgehead atoms. The third-order valence-electron chi connectivity index (χ3n) is 6.76. The van der Waals surface area contributed by atoms with Crippen molar-refractivity contribution in [2.24, 2.45) is 4.99 Å². The molecule has 3 aromatic carbocycles. The van der Waals surface area contributed by atoms with Gasteiger partial charge in [0.1, 0.15) is 11.9 Å². The largest absolute Gasteiger partial charge is 0.356 e. The normalized spacial score (nSPS) is 18.5. The van der Waals surface area contributed by atoms with Crippen molar-refractivity contribution in [3.8, 4) is 0 Å². The average molecular weight is 489 g/mol. The van der Waals surface area contributed by atoms with Crippen molar-refractivity contribution in [1.29, 1.82) is 0 Å². The lowest BCUT2D eigenvalue weighted by Crippen LogP contribution is -2.46. The van der Waals surface area contributed by atoms with Crippen LogP contribution in [0.5, 0.6) is 0 Å². The number of carbonyl (C=O) groups excluding carboxylic acids is 2. The first kappa shape index (κ1) is 23.4. The number of amidine groups is 1. The number of benzodiazepines with no additional fused rings is 1. The smallest absolute Gasteiger partial charge is 0.249 e. The fraction of sp³-hybridized carbons (Fsp3) is 0.321. The molecule has 1 unspecified atom stereocenters. The number of fused-ring (bicyclic) bond motifs is 2. The number of anilines is 1. The Morgan fingerprint density at radius 3 is 2.54 bits per heavy atom. The summed E-state index contributed by atoms with van der Waals surface area (Å²) in [5, 5.41) is 8.46. The van der Waals surface area contributed by atoms with Crippen LogP contribution in [-0.2, 0) is 21.9 Å². The molecule has 6 nitrogen and oxygen atoms in total. The minimum absolute atomic E-state index is 0.00222. The first-order chi connectivity index (χ1) is 17.0. The summed E-state index contributed by atoms with van der Waals surface area (Å²) in [5.74, 6) is 1.09. The molecule has 3 aromatic rings. The van der Waals surface area contributed by atoms with E-state index in [1.165, 1.54) is 5.39 Å². The molecule has 5 rings (SSSR count). The van der Waals surface area contributed by atoms with E-state index in [1.807, 2.05) is 30.3 Å². The highest BCUT2D eigenvalue weighted by molar-refractivity contribution is 6.17. The summed E-state index contributed by atoms with van der Waals surface area (Å²) in [6.07, 6.45) is 2.18. The minimum atomic E-state index is -0.550. The highest BCUT2D eigenvalue weighted by Gasteiger charge is 2.30. The monoisotopic (exact) mass is 488 g/mol. The maximum atomic E-state index is 13.3. The summed E-state index contributed by atoms with van der Waals surface area (Å²) in [6, 6.07) is 20.0. The van der Waals surface area contributed by atoms with Crippen LogP contribution in [0.3, 0.4) is 0 Å². The van der Waals surface area contributed by atoms with E-state index in [0.29, 0.717) is 12.3 Å². The van der Waals surface area contributed by atoms with Crippen LogP contribution in [0.1, 0.15) is 36.5 Å². The summed E-state index contributed by atoms with van der Waals surface area (Å²) >= 11 is 6.14. The Morgan fingerprint density at radius 2 is 1.80 bits per heavy atom. The van der Waals surface area contributed by atoms with E-state index < -0.39 is 6.04 Å². The zero-order valence-corrected chi connectivity index (χ0v) is 20.5. The van der Waals surface area contributed by atoms with Crippen molar-refractivity contribution in [3.05, 3.63) is 77.4 Å². The fourth-order valence-corrected chi connectivity index (χ4v) is 5.13. The number of nitrogens with zero attached hydrogens (tertiary/aromatic N) is 2. The lowest BCUT2D eigenvalue weighted by atomic mass is 10.0. The number of carbonyl (C=O) groups is 2. The molecule has 2 amide bonds. The van der Waals surface area contributed by atoms with Gasteiger partial charge in [0.25, 0.3) is 0 Å². The number of hydrogen-bond acceptors (Lipinski definition) is 4. The van der Waals surface area contributed by atoms with Crippen molar-refractivity contribution in [1.82, 2.24) is 10.2 Å². The summed E-state index contributed by atoms with van der Waals surface area (Å²) in [4.78, 5) is 32.1. The number of hydrogen-bond donors (Lipinski definition) is 2. The van der Waals surface area contributed by atoms with Gasteiger partial charge in [-0.05, 0) is 46.9 Å². The number of nitrogens with one attached hydrogen (secondary N) is 2. The molecule has 2 heterocycles. The van der Waals surface area contributed by atoms with E-state index >= 15 is 0 Å². The molecule has 1 atom stereocenters. The van der Waals surface area contributed by atoms with Crippen LogP contribution in [0.4, 0.5) is 5.69 Å². The predicted octanol–water partition coefficient (Wildman–Crippen LogP) is 4.49. The van der Waals surface area contributed by atoms with Crippen molar-refractivity contribution < 1.29 is 9.59 Å². The van der Waals surface area contributed by atoms with Crippen molar-refractivity contribution >= 4 is 45.7 Å². The van der Waals surface area contributed by atoms with Gasteiger partial charge in [-0.3, -0.25) is 14.6 Å². The third kappa shape index (κ3) is 5.17. The Hall–Kier alpha value is -3.38. The Kier molecular flexibility index (Phi) is 6.73. The number of halogens is 1. The summed E-state index contributed by atoms with van der Waals surface area (Å²) < 4.78 is 0. The van der Waals surface area contributed by atoms with E-state index in [0.717, 1.165) is 59.5 Å². The van der Waals surface area contributed by atoms with E-state index in [9.17, 15) is 9.59 Å². The molecule has 1 saturated heterocycles. The van der Waals surface area contributed by atoms with Gasteiger partial charge in [-0.15, -0.1) is 11.6 Å². The molecular formula is C28H29ClN4O2. The number of benzene rings is 3. The zero-order chi connectivity index (χ0) is 24.4. The Labute approximate surface area is 210 Å². The van der Waals surface area contributed by atoms with Gasteiger partial charge >= 0.3 is 0 Å². The lowest BCUT2D eigenvalue weighted by molar-refractivity contribution is -0.120. The molecule has 0 saturated carbocycles. The molecule has 0 aromatic heterocycles. The van der Waals surface area contributed by atoms with E-state index in [-0.39, 0.29) is 17.9 Å². The summed E-state index contributed by atoms with van der Waals surface area (Å²) in [7, 11) is 0. The van der Waals surface area contributed by atoms with Crippen molar-refractivity contribution in [3.63, 3.8) is 0 Å². The maximum absolute atomic E-state index is 13.3. The van der Waals surface area contributed by atoms with Crippen LogP contribution >= 0.6 is 11.6 Å². The quantitative estimate of drug-likeness (QED) is 0.531. The molecule has 2 aliphatic rings. The molecule has 180 valence electrons. The molecule has 2 N–H and O–H groups in total. The van der Waals surface area contributed by atoms with Crippen molar-refractivity contribution in [2.45, 2.75) is 44.1 Å². The van der Waals surface area contributed by atoms with Gasteiger partial charge in [0.15, 0.2) is 0 Å². The Balaban J connectivity index is 1.48.